The molecule has 2 N–H and O–H groups in total. The van der Waals surface area contributed by atoms with Crippen molar-refractivity contribution in [2.45, 2.75) is 38.3 Å². The topological polar surface area (TPSA) is 95.9 Å². The molecule has 2 aliphatic heterocycles. The Morgan fingerprint density at radius 1 is 1.09 bits per heavy atom. The third kappa shape index (κ3) is 3.91. The lowest BCUT2D eigenvalue weighted by Crippen LogP contribution is -2.59. The molecular formula is C24H23F3N2O5. The lowest BCUT2D eigenvalue weighted by molar-refractivity contribution is -0.274. The minimum absolute atomic E-state index is 0.00435. The summed E-state index contributed by atoms with van der Waals surface area (Å²) in [5.41, 5.74) is -0.627. The summed E-state index contributed by atoms with van der Waals surface area (Å²) in [6.45, 7) is 3.31. The highest BCUT2D eigenvalue weighted by molar-refractivity contribution is 6.09. The summed E-state index contributed by atoms with van der Waals surface area (Å²) in [4.78, 5) is 40.5. The molecule has 7 nitrogen and oxygen atoms in total. The van der Waals surface area contributed by atoms with Crippen LogP contribution < -0.4 is 10.1 Å². The van der Waals surface area contributed by atoms with Crippen molar-refractivity contribution in [1.82, 2.24) is 10.2 Å². The van der Waals surface area contributed by atoms with Gasteiger partial charge in [-0.15, -0.1) is 13.2 Å². The maximum absolute atomic E-state index is 13.5. The predicted octanol–water partition coefficient (Wildman–Crippen LogP) is 3.51. The Kier molecular flexibility index (Phi) is 5.89. The molecule has 2 aromatic rings. The van der Waals surface area contributed by atoms with Gasteiger partial charge in [0.1, 0.15) is 11.3 Å². The smallest absolute Gasteiger partial charge is 0.480 e. The molecule has 34 heavy (non-hydrogen) atoms. The SMILES string of the molecule is CC(C)C1(C(=O)O)NC(c2ccc(OC(F)(F)F)cc2)C2C(=O)N(Cc3ccccc3)C(=O)C21. The first-order valence-corrected chi connectivity index (χ1v) is 10.7. The van der Waals surface area contributed by atoms with E-state index in [1.807, 2.05) is 0 Å². The molecule has 2 aromatic carbocycles. The van der Waals surface area contributed by atoms with E-state index >= 15 is 0 Å². The molecule has 0 saturated carbocycles. The number of nitrogens with one attached hydrogen (secondary N) is 1. The third-order valence-electron chi connectivity index (χ3n) is 6.61. The van der Waals surface area contributed by atoms with Gasteiger partial charge < -0.3 is 9.84 Å². The van der Waals surface area contributed by atoms with Gasteiger partial charge in [0.05, 0.1) is 18.4 Å². The van der Waals surface area contributed by atoms with Gasteiger partial charge in [-0.25, -0.2) is 0 Å². The molecule has 2 amide bonds. The van der Waals surface area contributed by atoms with E-state index in [9.17, 15) is 32.7 Å². The second kappa shape index (κ2) is 8.43. The molecule has 2 fully saturated rings. The monoisotopic (exact) mass is 476 g/mol. The number of likely N-dealkylation sites (tertiary alicyclic amines) is 1. The normalized spacial score (nSPS) is 26.8. The Morgan fingerprint density at radius 3 is 2.24 bits per heavy atom. The van der Waals surface area contributed by atoms with Crippen LogP contribution in [0.25, 0.3) is 0 Å². The second-order valence-corrected chi connectivity index (χ2v) is 8.82. The maximum Gasteiger partial charge on any atom is 0.573 e. The lowest BCUT2D eigenvalue weighted by atomic mass is 9.73. The van der Waals surface area contributed by atoms with Crippen molar-refractivity contribution in [1.29, 1.82) is 0 Å². The number of carbonyl (C=O) groups is 3. The summed E-state index contributed by atoms with van der Waals surface area (Å²) >= 11 is 0. The van der Waals surface area contributed by atoms with Gasteiger partial charge in [-0.2, -0.15) is 0 Å². The number of hydrogen-bond donors (Lipinski definition) is 2. The highest BCUT2D eigenvalue weighted by Crippen LogP contribution is 2.51. The first-order valence-electron chi connectivity index (χ1n) is 10.7. The summed E-state index contributed by atoms with van der Waals surface area (Å²) in [6.07, 6.45) is -4.86. The number of carboxylic acids is 1. The van der Waals surface area contributed by atoms with E-state index in [1.165, 1.54) is 12.1 Å². The molecule has 0 radical (unpaired) electrons. The Balaban J connectivity index is 1.74. The molecule has 2 heterocycles. The first-order chi connectivity index (χ1) is 16.0. The van der Waals surface area contributed by atoms with E-state index in [0.717, 1.165) is 17.0 Å². The number of nitrogens with zero attached hydrogens (tertiary/aromatic N) is 1. The van der Waals surface area contributed by atoms with Gasteiger partial charge in [0.2, 0.25) is 11.8 Å². The van der Waals surface area contributed by atoms with Crippen LogP contribution in [0.3, 0.4) is 0 Å². The number of halogens is 3. The van der Waals surface area contributed by atoms with Crippen molar-refractivity contribution in [3.05, 3.63) is 65.7 Å². The van der Waals surface area contributed by atoms with Crippen LogP contribution in [0.2, 0.25) is 0 Å². The summed E-state index contributed by atoms with van der Waals surface area (Å²) in [5, 5.41) is 13.2. The van der Waals surface area contributed by atoms with Gasteiger partial charge >= 0.3 is 12.3 Å². The lowest BCUT2D eigenvalue weighted by Gasteiger charge is -2.34. The molecule has 4 rings (SSSR count). The fraction of sp³-hybridized carbons (Fsp3) is 0.375. The summed E-state index contributed by atoms with van der Waals surface area (Å²) < 4.78 is 41.5. The average molecular weight is 476 g/mol. The molecule has 180 valence electrons. The van der Waals surface area contributed by atoms with Crippen molar-refractivity contribution < 1.29 is 37.4 Å². The maximum atomic E-state index is 13.5. The van der Waals surface area contributed by atoms with Gasteiger partial charge in [-0.05, 0) is 29.2 Å². The predicted molar refractivity (Wildman–Crippen MR) is 113 cm³/mol. The first kappa shape index (κ1) is 23.7. The van der Waals surface area contributed by atoms with Crippen LogP contribution in [-0.4, -0.2) is 39.7 Å². The second-order valence-electron chi connectivity index (χ2n) is 8.82. The van der Waals surface area contributed by atoms with E-state index in [-0.39, 0.29) is 6.54 Å². The van der Waals surface area contributed by atoms with Crippen molar-refractivity contribution >= 4 is 17.8 Å². The number of aliphatic carboxylic acids is 1. The average Bonchev–Trinajstić information content (AvgIpc) is 3.25. The van der Waals surface area contributed by atoms with Gasteiger partial charge in [-0.1, -0.05) is 56.3 Å². The zero-order chi connectivity index (χ0) is 24.8. The quantitative estimate of drug-likeness (QED) is 0.620. The molecule has 0 aromatic heterocycles. The highest BCUT2D eigenvalue weighted by Gasteiger charge is 2.69. The van der Waals surface area contributed by atoms with E-state index in [4.69, 9.17) is 0 Å². The van der Waals surface area contributed by atoms with E-state index in [1.54, 1.807) is 44.2 Å². The number of benzene rings is 2. The summed E-state index contributed by atoms with van der Waals surface area (Å²) in [6, 6.07) is 12.8. The Morgan fingerprint density at radius 2 is 1.71 bits per heavy atom. The molecule has 0 spiro atoms. The van der Waals surface area contributed by atoms with Crippen LogP contribution >= 0.6 is 0 Å². The minimum atomic E-state index is -4.86. The summed E-state index contributed by atoms with van der Waals surface area (Å²) in [7, 11) is 0. The summed E-state index contributed by atoms with van der Waals surface area (Å²) in [5.74, 6) is -5.57. The minimum Gasteiger partial charge on any atom is -0.480 e. The van der Waals surface area contributed by atoms with Crippen molar-refractivity contribution in [2.24, 2.45) is 17.8 Å². The van der Waals surface area contributed by atoms with Crippen molar-refractivity contribution in [3.63, 3.8) is 0 Å². The van der Waals surface area contributed by atoms with Crippen LogP contribution in [0.1, 0.15) is 31.0 Å². The van der Waals surface area contributed by atoms with Crippen LogP contribution in [0, 0.1) is 17.8 Å². The molecule has 0 aliphatic carbocycles. The Bertz CT molecular complexity index is 1100. The number of imide groups is 1. The van der Waals surface area contributed by atoms with Crippen molar-refractivity contribution in [2.75, 3.05) is 0 Å². The Hall–Kier alpha value is -3.40. The Labute approximate surface area is 193 Å². The molecule has 2 aliphatic rings. The fourth-order valence-electron chi connectivity index (χ4n) is 5.06. The number of ether oxygens (including phenoxy) is 1. The molecule has 4 unspecified atom stereocenters. The highest BCUT2D eigenvalue weighted by atomic mass is 19.4. The van der Waals surface area contributed by atoms with Crippen LogP contribution in [0.4, 0.5) is 13.2 Å². The van der Waals surface area contributed by atoms with Gasteiger partial charge in [0, 0.05) is 6.04 Å². The van der Waals surface area contributed by atoms with Crippen molar-refractivity contribution in [3.8, 4) is 5.75 Å². The van der Waals surface area contributed by atoms with Gasteiger partial charge in [0.15, 0.2) is 0 Å². The number of fused-ring (bicyclic) bond motifs is 1. The van der Waals surface area contributed by atoms with Gasteiger partial charge in [0.25, 0.3) is 0 Å². The number of amides is 2. The van der Waals surface area contributed by atoms with Crippen LogP contribution in [-0.2, 0) is 20.9 Å². The standard InChI is InChI=1S/C24H23F3N2O5/c1-13(2)23(22(32)33)18-17(20(30)29(21(18)31)12-14-6-4-3-5-7-14)19(28-23)15-8-10-16(11-9-15)34-24(25,26)27/h3-11,13,17-19,28H,12H2,1-2H3,(H,32,33). The number of alkyl halides is 3. The van der Waals surface area contributed by atoms with E-state index in [0.29, 0.717) is 11.1 Å². The van der Waals surface area contributed by atoms with E-state index in [2.05, 4.69) is 10.1 Å². The largest absolute Gasteiger partial charge is 0.573 e. The van der Waals surface area contributed by atoms with E-state index < -0.39 is 59.2 Å². The van der Waals surface area contributed by atoms with Crippen LogP contribution in [0.15, 0.2) is 54.6 Å². The molecule has 4 atom stereocenters. The molecule has 10 heteroatoms. The number of carboxylic acid groups (broad SMARTS) is 1. The number of rotatable bonds is 6. The zero-order valence-corrected chi connectivity index (χ0v) is 18.4. The zero-order valence-electron chi connectivity index (χ0n) is 18.4. The van der Waals surface area contributed by atoms with Gasteiger partial charge in [-0.3, -0.25) is 24.6 Å². The van der Waals surface area contributed by atoms with Crippen LogP contribution in [0.5, 0.6) is 5.75 Å². The number of carbonyl (C=O) groups excluding carboxylic acids is 2. The molecule has 0 bridgehead atoms. The molecule has 2 saturated heterocycles. The fourth-order valence-corrected chi connectivity index (χ4v) is 5.06. The third-order valence-corrected chi connectivity index (χ3v) is 6.61. The molecular weight excluding hydrogens is 453 g/mol. The number of hydrogen-bond acceptors (Lipinski definition) is 5.